The molecule has 80 valence electrons. The standard InChI is InChI=1S/C8H17F2NO2/c1-4-11(7(13)5-12)8(9,10)6(2)3/h6-7,12-13H,4-5H2,1-3H3. The summed E-state index contributed by atoms with van der Waals surface area (Å²) in [7, 11) is 0. The van der Waals surface area contributed by atoms with Crippen molar-refractivity contribution in [2.24, 2.45) is 5.92 Å². The predicted octanol–water partition coefficient (Wildman–Crippen LogP) is 0.868. The van der Waals surface area contributed by atoms with Crippen LogP contribution in [0.2, 0.25) is 0 Å². The molecule has 0 aromatic rings. The Bertz CT molecular complexity index is 153. The summed E-state index contributed by atoms with van der Waals surface area (Å²) < 4.78 is 26.6. The summed E-state index contributed by atoms with van der Waals surface area (Å²) in [5.74, 6) is -0.895. The Balaban J connectivity index is 4.55. The first kappa shape index (κ1) is 12.7. The molecule has 0 aliphatic heterocycles. The van der Waals surface area contributed by atoms with Crippen molar-refractivity contribution in [3.63, 3.8) is 0 Å². The van der Waals surface area contributed by atoms with Crippen LogP contribution in [0.1, 0.15) is 20.8 Å². The van der Waals surface area contributed by atoms with Crippen LogP contribution in [0.4, 0.5) is 8.78 Å². The molecule has 0 aliphatic carbocycles. The highest BCUT2D eigenvalue weighted by molar-refractivity contribution is 4.73. The molecule has 0 spiro atoms. The van der Waals surface area contributed by atoms with E-state index in [9.17, 15) is 8.78 Å². The van der Waals surface area contributed by atoms with Crippen LogP contribution >= 0.6 is 0 Å². The van der Waals surface area contributed by atoms with Gasteiger partial charge in [-0.1, -0.05) is 20.8 Å². The van der Waals surface area contributed by atoms with E-state index in [2.05, 4.69) is 0 Å². The van der Waals surface area contributed by atoms with Crippen molar-refractivity contribution in [1.82, 2.24) is 4.90 Å². The van der Waals surface area contributed by atoms with E-state index in [0.29, 0.717) is 4.90 Å². The molecular formula is C8H17F2NO2. The zero-order chi connectivity index (χ0) is 10.6. The third-order valence-electron chi connectivity index (χ3n) is 1.94. The molecule has 0 rings (SSSR count). The Morgan fingerprint density at radius 2 is 1.85 bits per heavy atom. The lowest BCUT2D eigenvalue weighted by molar-refractivity contribution is -0.234. The second-order valence-corrected chi connectivity index (χ2v) is 3.19. The van der Waals surface area contributed by atoms with Crippen molar-refractivity contribution >= 4 is 0 Å². The molecule has 0 aromatic carbocycles. The van der Waals surface area contributed by atoms with Crippen molar-refractivity contribution in [2.75, 3.05) is 13.2 Å². The fraction of sp³-hybridized carbons (Fsp3) is 1.00. The molecule has 1 unspecified atom stereocenters. The molecule has 0 aromatic heterocycles. The third-order valence-corrected chi connectivity index (χ3v) is 1.94. The number of hydrogen-bond acceptors (Lipinski definition) is 3. The normalized spacial score (nSPS) is 15.5. The van der Waals surface area contributed by atoms with Crippen LogP contribution in [0.3, 0.4) is 0 Å². The van der Waals surface area contributed by atoms with E-state index in [-0.39, 0.29) is 6.54 Å². The van der Waals surface area contributed by atoms with Crippen molar-refractivity contribution in [3.05, 3.63) is 0 Å². The SMILES string of the molecule is CCN(C(O)CO)C(F)(F)C(C)C. The van der Waals surface area contributed by atoms with Gasteiger partial charge in [0.25, 0.3) is 0 Å². The summed E-state index contributed by atoms with van der Waals surface area (Å²) in [6, 6.07) is -3.09. The summed E-state index contributed by atoms with van der Waals surface area (Å²) in [5.41, 5.74) is 0. The summed E-state index contributed by atoms with van der Waals surface area (Å²) in [4.78, 5) is 0.581. The first-order valence-corrected chi connectivity index (χ1v) is 4.31. The van der Waals surface area contributed by atoms with Crippen molar-refractivity contribution < 1.29 is 19.0 Å². The number of alkyl halides is 2. The number of aliphatic hydroxyl groups is 2. The van der Waals surface area contributed by atoms with Gasteiger partial charge in [-0.15, -0.1) is 0 Å². The maximum absolute atomic E-state index is 13.3. The topological polar surface area (TPSA) is 43.7 Å². The lowest BCUT2D eigenvalue weighted by atomic mass is 10.1. The molecule has 0 fully saturated rings. The van der Waals surface area contributed by atoms with E-state index in [0.717, 1.165) is 0 Å². The van der Waals surface area contributed by atoms with E-state index < -0.39 is 24.8 Å². The van der Waals surface area contributed by atoms with Crippen molar-refractivity contribution in [1.29, 1.82) is 0 Å². The first-order chi connectivity index (χ1) is 5.87. The molecule has 3 nitrogen and oxygen atoms in total. The largest absolute Gasteiger partial charge is 0.392 e. The lowest BCUT2D eigenvalue weighted by Gasteiger charge is -2.35. The molecule has 0 saturated carbocycles. The maximum Gasteiger partial charge on any atom is 0.309 e. The molecule has 0 heterocycles. The fourth-order valence-corrected chi connectivity index (χ4v) is 1.05. The quantitative estimate of drug-likeness (QED) is 0.507. The van der Waals surface area contributed by atoms with E-state index in [1.165, 1.54) is 20.8 Å². The summed E-state index contributed by atoms with van der Waals surface area (Å²) in [6.45, 7) is 3.55. The van der Waals surface area contributed by atoms with E-state index in [4.69, 9.17) is 10.2 Å². The van der Waals surface area contributed by atoms with Gasteiger partial charge in [0.05, 0.1) is 6.61 Å². The Hall–Kier alpha value is -0.260. The predicted molar refractivity (Wildman–Crippen MR) is 45.3 cm³/mol. The summed E-state index contributed by atoms with van der Waals surface area (Å²) in [6.07, 6.45) is -1.50. The number of likely N-dealkylation sites (N-methyl/N-ethyl adjacent to an activating group) is 1. The van der Waals surface area contributed by atoms with Gasteiger partial charge in [0.15, 0.2) is 0 Å². The van der Waals surface area contributed by atoms with Gasteiger partial charge in [0.2, 0.25) is 0 Å². The highest BCUT2D eigenvalue weighted by Crippen LogP contribution is 2.29. The van der Waals surface area contributed by atoms with E-state index in [1.54, 1.807) is 0 Å². The van der Waals surface area contributed by atoms with Gasteiger partial charge in [-0.3, -0.25) is 0 Å². The molecule has 0 radical (unpaired) electrons. The highest BCUT2D eigenvalue weighted by atomic mass is 19.3. The Morgan fingerprint density at radius 1 is 1.38 bits per heavy atom. The van der Waals surface area contributed by atoms with Crippen molar-refractivity contribution in [2.45, 2.75) is 33.0 Å². The molecule has 0 saturated heterocycles. The second-order valence-electron chi connectivity index (χ2n) is 3.19. The molecule has 0 bridgehead atoms. The second kappa shape index (κ2) is 4.83. The fourth-order valence-electron chi connectivity index (χ4n) is 1.05. The molecule has 13 heavy (non-hydrogen) atoms. The monoisotopic (exact) mass is 197 g/mol. The lowest BCUT2D eigenvalue weighted by Crippen LogP contribution is -2.52. The van der Waals surface area contributed by atoms with Crippen LogP contribution in [0.25, 0.3) is 0 Å². The Kier molecular flexibility index (Phi) is 4.74. The molecule has 5 heteroatoms. The van der Waals surface area contributed by atoms with Gasteiger partial charge < -0.3 is 10.2 Å². The summed E-state index contributed by atoms with van der Waals surface area (Å²) in [5, 5.41) is 17.7. The van der Waals surface area contributed by atoms with E-state index in [1.807, 2.05) is 0 Å². The number of halogens is 2. The minimum Gasteiger partial charge on any atom is -0.392 e. The van der Waals surface area contributed by atoms with Gasteiger partial charge in [0.1, 0.15) is 6.23 Å². The minimum atomic E-state index is -3.09. The zero-order valence-electron chi connectivity index (χ0n) is 8.17. The maximum atomic E-state index is 13.3. The van der Waals surface area contributed by atoms with Crippen LogP contribution in [0.5, 0.6) is 0 Å². The van der Waals surface area contributed by atoms with Crippen LogP contribution in [0.15, 0.2) is 0 Å². The Labute approximate surface area is 77.0 Å². The molecule has 1 atom stereocenters. The van der Waals surface area contributed by atoms with Crippen LogP contribution in [-0.2, 0) is 0 Å². The van der Waals surface area contributed by atoms with Crippen molar-refractivity contribution in [3.8, 4) is 0 Å². The van der Waals surface area contributed by atoms with E-state index >= 15 is 0 Å². The van der Waals surface area contributed by atoms with Crippen LogP contribution < -0.4 is 0 Å². The highest BCUT2D eigenvalue weighted by Gasteiger charge is 2.42. The van der Waals surface area contributed by atoms with Crippen LogP contribution in [-0.4, -0.2) is 40.5 Å². The number of rotatable bonds is 5. The molecule has 2 N–H and O–H groups in total. The Morgan fingerprint density at radius 3 is 2.08 bits per heavy atom. The average Bonchev–Trinajstić information content (AvgIpc) is 2.04. The number of nitrogens with zero attached hydrogens (tertiary/aromatic N) is 1. The summed E-state index contributed by atoms with van der Waals surface area (Å²) >= 11 is 0. The smallest absolute Gasteiger partial charge is 0.309 e. The van der Waals surface area contributed by atoms with Gasteiger partial charge in [-0.2, -0.15) is 8.78 Å². The van der Waals surface area contributed by atoms with Gasteiger partial charge >= 0.3 is 6.05 Å². The minimum absolute atomic E-state index is 0.00704. The van der Waals surface area contributed by atoms with Gasteiger partial charge in [-0.05, 0) is 0 Å². The zero-order valence-corrected chi connectivity index (χ0v) is 8.17. The average molecular weight is 197 g/mol. The van der Waals surface area contributed by atoms with Gasteiger partial charge in [0, 0.05) is 12.5 Å². The molecular weight excluding hydrogens is 180 g/mol. The molecule has 0 aliphatic rings. The number of hydrogen-bond donors (Lipinski definition) is 2. The molecule has 0 amide bonds. The van der Waals surface area contributed by atoms with Crippen LogP contribution in [0, 0.1) is 5.92 Å². The van der Waals surface area contributed by atoms with Gasteiger partial charge in [-0.25, -0.2) is 4.90 Å². The first-order valence-electron chi connectivity index (χ1n) is 4.31. The third kappa shape index (κ3) is 2.86. The number of aliphatic hydroxyl groups excluding tert-OH is 2.